The normalized spacial score (nSPS) is 22.6. The van der Waals surface area contributed by atoms with Crippen molar-refractivity contribution >= 4 is 28.2 Å². The molecule has 3 rings (SSSR count). The van der Waals surface area contributed by atoms with E-state index in [0.29, 0.717) is 11.4 Å². The molecule has 1 aromatic heterocycles. The van der Waals surface area contributed by atoms with Gasteiger partial charge in [0, 0.05) is 23.0 Å². The number of pyridine rings is 1. The average Bonchev–Trinajstić information content (AvgIpc) is 2.37. The highest BCUT2D eigenvalue weighted by molar-refractivity contribution is 6.21. The smallest absolute Gasteiger partial charge is 0.134 e. The molecule has 94 valence electrons. The minimum absolute atomic E-state index is 0.312. The standard InChI is InChI=1S/C14H15ClN2O/c1-18-12-3-2-9-4-5-16-14(13(9)8-12)17-11-6-10(15)7-11/h2-5,8,10-11H,6-7H2,1H3,(H,16,17). The molecule has 1 saturated carbocycles. The van der Waals surface area contributed by atoms with Gasteiger partial charge in [0.1, 0.15) is 11.6 Å². The Morgan fingerprint density at radius 2 is 2.17 bits per heavy atom. The van der Waals surface area contributed by atoms with Crippen LogP contribution < -0.4 is 10.1 Å². The van der Waals surface area contributed by atoms with Crippen LogP contribution in [0, 0.1) is 0 Å². The third kappa shape index (κ3) is 2.10. The van der Waals surface area contributed by atoms with E-state index in [2.05, 4.69) is 10.3 Å². The zero-order valence-electron chi connectivity index (χ0n) is 10.2. The number of anilines is 1. The molecule has 1 aromatic carbocycles. The van der Waals surface area contributed by atoms with Crippen LogP contribution in [0.1, 0.15) is 12.8 Å². The van der Waals surface area contributed by atoms with E-state index in [9.17, 15) is 0 Å². The Morgan fingerprint density at radius 1 is 1.33 bits per heavy atom. The molecule has 0 amide bonds. The van der Waals surface area contributed by atoms with Gasteiger partial charge in [0.05, 0.1) is 7.11 Å². The summed E-state index contributed by atoms with van der Waals surface area (Å²) in [6, 6.07) is 8.47. The first-order valence-electron chi connectivity index (χ1n) is 6.09. The summed E-state index contributed by atoms with van der Waals surface area (Å²) in [4.78, 5) is 4.42. The van der Waals surface area contributed by atoms with E-state index in [0.717, 1.165) is 35.2 Å². The largest absolute Gasteiger partial charge is 0.497 e. The van der Waals surface area contributed by atoms with Crippen LogP contribution in [0.3, 0.4) is 0 Å². The van der Waals surface area contributed by atoms with Crippen LogP contribution in [-0.4, -0.2) is 23.5 Å². The van der Waals surface area contributed by atoms with Gasteiger partial charge in [-0.25, -0.2) is 4.98 Å². The number of hydrogen-bond acceptors (Lipinski definition) is 3. The Bertz CT molecular complexity index is 567. The first-order valence-corrected chi connectivity index (χ1v) is 6.53. The van der Waals surface area contributed by atoms with Crippen molar-refractivity contribution in [2.75, 3.05) is 12.4 Å². The summed E-state index contributed by atoms with van der Waals surface area (Å²) in [6.45, 7) is 0. The summed E-state index contributed by atoms with van der Waals surface area (Å²) in [5.41, 5.74) is 0. The maximum absolute atomic E-state index is 6.00. The van der Waals surface area contributed by atoms with E-state index in [-0.39, 0.29) is 0 Å². The lowest BCUT2D eigenvalue weighted by atomic mass is 9.92. The molecule has 18 heavy (non-hydrogen) atoms. The number of alkyl halides is 1. The fourth-order valence-electron chi connectivity index (χ4n) is 2.25. The van der Waals surface area contributed by atoms with Crippen molar-refractivity contribution < 1.29 is 4.74 Å². The van der Waals surface area contributed by atoms with Crippen LogP contribution in [-0.2, 0) is 0 Å². The molecular weight excluding hydrogens is 248 g/mol. The molecule has 0 unspecified atom stereocenters. The monoisotopic (exact) mass is 262 g/mol. The van der Waals surface area contributed by atoms with Gasteiger partial charge in [-0.05, 0) is 36.4 Å². The molecule has 2 aromatic rings. The quantitative estimate of drug-likeness (QED) is 0.861. The minimum atomic E-state index is 0.312. The van der Waals surface area contributed by atoms with E-state index in [1.54, 1.807) is 7.11 Å². The molecule has 1 N–H and O–H groups in total. The van der Waals surface area contributed by atoms with Gasteiger partial charge in [0.25, 0.3) is 0 Å². The second-order valence-electron chi connectivity index (χ2n) is 4.66. The summed E-state index contributed by atoms with van der Waals surface area (Å²) >= 11 is 6.00. The van der Waals surface area contributed by atoms with Crippen LogP contribution in [0.2, 0.25) is 0 Å². The number of rotatable bonds is 3. The number of nitrogens with one attached hydrogen (secondary N) is 1. The van der Waals surface area contributed by atoms with Crippen LogP contribution in [0.15, 0.2) is 30.5 Å². The zero-order chi connectivity index (χ0) is 12.5. The van der Waals surface area contributed by atoms with Crippen LogP contribution in [0.5, 0.6) is 5.75 Å². The summed E-state index contributed by atoms with van der Waals surface area (Å²) in [6.07, 6.45) is 3.83. The van der Waals surface area contributed by atoms with Crippen LogP contribution in [0.4, 0.5) is 5.82 Å². The third-order valence-electron chi connectivity index (χ3n) is 3.39. The number of hydrogen-bond donors (Lipinski definition) is 1. The fourth-order valence-corrected chi connectivity index (χ4v) is 2.68. The highest BCUT2D eigenvalue weighted by atomic mass is 35.5. The number of fused-ring (bicyclic) bond motifs is 1. The number of aromatic nitrogens is 1. The zero-order valence-corrected chi connectivity index (χ0v) is 10.9. The number of methoxy groups -OCH3 is 1. The van der Waals surface area contributed by atoms with Gasteiger partial charge in [-0.3, -0.25) is 0 Å². The molecule has 1 heterocycles. The van der Waals surface area contributed by atoms with Crippen molar-refractivity contribution in [3.05, 3.63) is 30.5 Å². The lowest BCUT2D eigenvalue weighted by Gasteiger charge is -2.32. The van der Waals surface area contributed by atoms with Gasteiger partial charge in [0.2, 0.25) is 0 Å². The number of nitrogens with zero attached hydrogens (tertiary/aromatic N) is 1. The lowest BCUT2D eigenvalue weighted by Crippen LogP contribution is -2.36. The number of halogens is 1. The molecule has 0 saturated heterocycles. The molecule has 4 heteroatoms. The van der Waals surface area contributed by atoms with Crippen molar-refractivity contribution in [3.8, 4) is 5.75 Å². The highest BCUT2D eigenvalue weighted by Crippen LogP contribution is 2.31. The average molecular weight is 263 g/mol. The summed E-state index contributed by atoms with van der Waals surface area (Å²) in [5, 5.41) is 6.02. The van der Waals surface area contributed by atoms with Crippen molar-refractivity contribution in [2.45, 2.75) is 24.3 Å². The van der Waals surface area contributed by atoms with Crippen molar-refractivity contribution in [1.82, 2.24) is 4.98 Å². The molecule has 1 aliphatic rings. The van der Waals surface area contributed by atoms with E-state index >= 15 is 0 Å². The maximum Gasteiger partial charge on any atom is 0.134 e. The Morgan fingerprint density at radius 3 is 2.89 bits per heavy atom. The van der Waals surface area contributed by atoms with Crippen LogP contribution in [0.25, 0.3) is 10.8 Å². The molecule has 0 aliphatic heterocycles. The molecule has 0 radical (unpaired) electrons. The van der Waals surface area contributed by atoms with Gasteiger partial charge < -0.3 is 10.1 Å². The summed E-state index contributed by atoms with van der Waals surface area (Å²) < 4.78 is 5.26. The Kier molecular flexibility index (Phi) is 3.00. The topological polar surface area (TPSA) is 34.1 Å². The van der Waals surface area contributed by atoms with E-state index < -0.39 is 0 Å². The Balaban J connectivity index is 1.94. The molecule has 0 bridgehead atoms. The highest BCUT2D eigenvalue weighted by Gasteiger charge is 2.27. The predicted molar refractivity (Wildman–Crippen MR) is 74.6 cm³/mol. The number of ether oxygens (including phenoxy) is 1. The minimum Gasteiger partial charge on any atom is -0.497 e. The first kappa shape index (κ1) is 11.6. The predicted octanol–water partition coefficient (Wildman–Crippen LogP) is 3.43. The second-order valence-corrected chi connectivity index (χ2v) is 5.27. The summed E-state index contributed by atoms with van der Waals surface area (Å²) in [7, 11) is 1.68. The van der Waals surface area contributed by atoms with E-state index in [1.165, 1.54) is 0 Å². The molecule has 0 spiro atoms. The van der Waals surface area contributed by atoms with Crippen molar-refractivity contribution in [3.63, 3.8) is 0 Å². The van der Waals surface area contributed by atoms with Crippen molar-refractivity contribution in [2.24, 2.45) is 0 Å². The lowest BCUT2D eigenvalue weighted by molar-refractivity contribution is 0.415. The van der Waals surface area contributed by atoms with E-state index in [4.69, 9.17) is 16.3 Å². The van der Waals surface area contributed by atoms with E-state index in [1.807, 2.05) is 30.5 Å². The van der Waals surface area contributed by atoms with Gasteiger partial charge in [-0.2, -0.15) is 0 Å². The molecule has 0 atom stereocenters. The maximum atomic E-state index is 6.00. The Hall–Kier alpha value is -1.48. The van der Waals surface area contributed by atoms with Crippen molar-refractivity contribution in [1.29, 1.82) is 0 Å². The SMILES string of the molecule is COc1ccc2ccnc(NC3CC(Cl)C3)c2c1. The molecular formula is C14H15ClN2O. The first-order chi connectivity index (χ1) is 8.76. The summed E-state index contributed by atoms with van der Waals surface area (Å²) in [5.74, 6) is 1.77. The van der Waals surface area contributed by atoms with Crippen LogP contribution >= 0.6 is 11.6 Å². The molecule has 1 aliphatic carbocycles. The van der Waals surface area contributed by atoms with Gasteiger partial charge in [-0.15, -0.1) is 11.6 Å². The molecule has 3 nitrogen and oxygen atoms in total. The molecule has 1 fully saturated rings. The number of benzene rings is 1. The van der Waals surface area contributed by atoms with Gasteiger partial charge in [-0.1, -0.05) is 6.07 Å². The van der Waals surface area contributed by atoms with Gasteiger partial charge >= 0.3 is 0 Å². The fraction of sp³-hybridized carbons (Fsp3) is 0.357. The third-order valence-corrected chi connectivity index (χ3v) is 3.75. The second kappa shape index (κ2) is 4.65. The van der Waals surface area contributed by atoms with Gasteiger partial charge in [0.15, 0.2) is 0 Å². The Labute approximate surface area is 111 Å².